The van der Waals surface area contributed by atoms with Crippen molar-refractivity contribution in [1.82, 2.24) is 4.98 Å². The summed E-state index contributed by atoms with van der Waals surface area (Å²) in [6.45, 7) is 7.97. The Morgan fingerprint density at radius 2 is 2.00 bits per heavy atom. The molecule has 3 heteroatoms. The molecule has 0 spiro atoms. The van der Waals surface area contributed by atoms with Crippen LogP contribution in [0.2, 0.25) is 0 Å². The molecule has 0 saturated carbocycles. The average molecular weight is 256 g/mol. The van der Waals surface area contributed by atoms with Crippen molar-refractivity contribution in [3.8, 4) is 17.3 Å². The summed E-state index contributed by atoms with van der Waals surface area (Å²) in [6.07, 6.45) is 0. The minimum Gasteiger partial charge on any atom is -0.240 e. The van der Waals surface area contributed by atoms with Gasteiger partial charge in [-0.25, -0.2) is 4.98 Å². The van der Waals surface area contributed by atoms with Gasteiger partial charge in [-0.15, -0.1) is 11.3 Å². The smallest absolute Gasteiger partial charge is 0.113 e. The van der Waals surface area contributed by atoms with Crippen LogP contribution in [0, 0.1) is 25.2 Å². The predicted molar refractivity (Wildman–Crippen MR) is 75.7 cm³/mol. The Labute approximate surface area is 112 Å². The van der Waals surface area contributed by atoms with Gasteiger partial charge in [0.05, 0.1) is 11.8 Å². The molecule has 0 N–H and O–H groups in total. The van der Waals surface area contributed by atoms with Crippen LogP contribution < -0.4 is 0 Å². The highest BCUT2D eigenvalue weighted by Gasteiger charge is 2.24. The molecule has 0 fully saturated rings. The van der Waals surface area contributed by atoms with Gasteiger partial charge in [-0.1, -0.05) is 17.7 Å². The van der Waals surface area contributed by atoms with Crippen LogP contribution >= 0.6 is 11.3 Å². The van der Waals surface area contributed by atoms with Gasteiger partial charge >= 0.3 is 0 Å². The molecule has 0 amide bonds. The Morgan fingerprint density at radius 3 is 2.67 bits per heavy atom. The Hall–Kier alpha value is -1.66. The second kappa shape index (κ2) is 4.55. The molecule has 0 unspecified atom stereocenters. The third-order valence-corrected chi connectivity index (χ3v) is 4.15. The molecule has 18 heavy (non-hydrogen) atoms. The molecule has 0 saturated heterocycles. The molecule has 0 aliphatic carbocycles. The molecule has 0 aliphatic rings. The van der Waals surface area contributed by atoms with E-state index in [-0.39, 0.29) is 0 Å². The number of aromatic nitrogens is 1. The predicted octanol–water partition coefficient (Wildman–Crippen LogP) is 4.23. The number of aryl methyl sites for hydroxylation is 2. The number of hydrogen-bond acceptors (Lipinski definition) is 3. The summed E-state index contributed by atoms with van der Waals surface area (Å²) in [7, 11) is 0. The van der Waals surface area contributed by atoms with Crippen LogP contribution in [0.25, 0.3) is 11.3 Å². The van der Waals surface area contributed by atoms with Crippen molar-refractivity contribution in [3.63, 3.8) is 0 Å². The van der Waals surface area contributed by atoms with Crippen LogP contribution in [0.3, 0.4) is 0 Å². The van der Waals surface area contributed by atoms with Gasteiger partial charge < -0.3 is 0 Å². The maximum Gasteiger partial charge on any atom is 0.113 e. The normalized spacial score (nSPS) is 11.3. The number of benzene rings is 1. The largest absolute Gasteiger partial charge is 0.240 e. The molecule has 1 aromatic carbocycles. The standard InChI is InChI=1S/C15H16N2S/c1-10-5-6-11(2)12(7-10)13-8-18-14(17-13)15(3,4)9-16/h5-8H,1-4H3. The maximum absolute atomic E-state index is 9.14. The zero-order valence-electron chi connectivity index (χ0n) is 11.1. The van der Waals surface area contributed by atoms with E-state index in [4.69, 9.17) is 5.26 Å². The van der Waals surface area contributed by atoms with Gasteiger partial charge in [-0.2, -0.15) is 5.26 Å². The first-order chi connectivity index (χ1) is 8.44. The lowest BCUT2D eigenvalue weighted by atomic mass is 9.97. The van der Waals surface area contributed by atoms with Crippen molar-refractivity contribution in [2.75, 3.05) is 0 Å². The van der Waals surface area contributed by atoms with Crippen LogP contribution in [-0.4, -0.2) is 4.98 Å². The molecule has 2 nitrogen and oxygen atoms in total. The molecular formula is C15H16N2S. The lowest BCUT2D eigenvalue weighted by Crippen LogP contribution is -2.13. The molecule has 2 aromatic rings. The van der Waals surface area contributed by atoms with E-state index >= 15 is 0 Å². The molecule has 1 heterocycles. The molecular weight excluding hydrogens is 240 g/mol. The second-order valence-corrected chi connectivity index (χ2v) is 5.95. The molecule has 92 valence electrons. The second-order valence-electron chi connectivity index (χ2n) is 5.09. The highest BCUT2D eigenvalue weighted by atomic mass is 32.1. The Kier molecular flexibility index (Phi) is 3.23. The first kappa shape index (κ1) is 12.8. The minimum absolute atomic E-state index is 0.513. The van der Waals surface area contributed by atoms with Gasteiger partial charge in [0.15, 0.2) is 0 Å². The fourth-order valence-corrected chi connectivity index (χ4v) is 2.64. The summed E-state index contributed by atoms with van der Waals surface area (Å²) in [4.78, 5) is 4.62. The SMILES string of the molecule is Cc1ccc(C)c(-c2csc(C(C)(C)C#N)n2)c1. The fourth-order valence-electron chi connectivity index (χ4n) is 1.74. The topological polar surface area (TPSA) is 36.7 Å². The van der Waals surface area contributed by atoms with E-state index in [1.165, 1.54) is 11.1 Å². The maximum atomic E-state index is 9.14. The van der Waals surface area contributed by atoms with Crippen LogP contribution in [0.4, 0.5) is 0 Å². The number of thiazole rings is 1. The van der Waals surface area contributed by atoms with Crippen molar-refractivity contribution in [2.45, 2.75) is 33.1 Å². The van der Waals surface area contributed by atoms with Crippen molar-refractivity contribution in [1.29, 1.82) is 5.26 Å². The van der Waals surface area contributed by atoms with E-state index < -0.39 is 5.41 Å². The van der Waals surface area contributed by atoms with Crippen molar-refractivity contribution >= 4 is 11.3 Å². The Bertz CT molecular complexity index is 618. The first-order valence-electron chi connectivity index (χ1n) is 5.89. The number of nitriles is 1. The fraction of sp³-hybridized carbons (Fsp3) is 0.333. The number of rotatable bonds is 2. The van der Waals surface area contributed by atoms with Crippen molar-refractivity contribution in [3.05, 3.63) is 39.7 Å². The molecule has 2 rings (SSSR count). The van der Waals surface area contributed by atoms with Crippen molar-refractivity contribution in [2.24, 2.45) is 0 Å². The molecule has 1 aromatic heterocycles. The minimum atomic E-state index is -0.513. The summed E-state index contributed by atoms with van der Waals surface area (Å²) >= 11 is 1.56. The lowest BCUT2D eigenvalue weighted by Gasteiger charge is -2.10. The van der Waals surface area contributed by atoms with Crippen LogP contribution in [0.15, 0.2) is 23.6 Å². The molecule has 0 atom stereocenters. The van der Waals surface area contributed by atoms with E-state index in [0.29, 0.717) is 0 Å². The van der Waals surface area contributed by atoms with Gasteiger partial charge in [0.2, 0.25) is 0 Å². The van der Waals surface area contributed by atoms with Crippen LogP contribution in [0.5, 0.6) is 0 Å². The van der Waals surface area contributed by atoms with E-state index in [2.05, 4.69) is 43.1 Å². The first-order valence-corrected chi connectivity index (χ1v) is 6.77. The third kappa shape index (κ3) is 2.30. The monoisotopic (exact) mass is 256 g/mol. The van der Waals surface area contributed by atoms with Gasteiger partial charge in [-0.3, -0.25) is 0 Å². The van der Waals surface area contributed by atoms with Crippen LogP contribution in [0.1, 0.15) is 30.0 Å². The zero-order chi connectivity index (χ0) is 13.3. The highest BCUT2D eigenvalue weighted by molar-refractivity contribution is 7.10. The summed E-state index contributed by atoms with van der Waals surface area (Å²) < 4.78 is 0. The van der Waals surface area contributed by atoms with E-state index in [1.807, 2.05) is 19.2 Å². The molecule has 0 aliphatic heterocycles. The number of nitrogens with zero attached hydrogens (tertiary/aromatic N) is 2. The van der Waals surface area contributed by atoms with Gasteiger partial charge in [0.1, 0.15) is 10.4 Å². The average Bonchev–Trinajstić information content (AvgIpc) is 2.82. The molecule has 0 radical (unpaired) electrons. The Morgan fingerprint density at radius 1 is 1.28 bits per heavy atom. The van der Waals surface area contributed by atoms with E-state index in [0.717, 1.165) is 16.3 Å². The van der Waals surface area contributed by atoms with Gasteiger partial charge in [-0.05, 0) is 39.3 Å². The number of hydrogen-bond donors (Lipinski definition) is 0. The molecule has 0 bridgehead atoms. The summed E-state index contributed by atoms with van der Waals surface area (Å²) in [5.41, 5.74) is 4.06. The Balaban J connectivity index is 2.48. The summed E-state index contributed by atoms with van der Waals surface area (Å²) in [5.74, 6) is 0. The van der Waals surface area contributed by atoms with Crippen molar-refractivity contribution < 1.29 is 0 Å². The van der Waals surface area contributed by atoms with E-state index in [9.17, 15) is 0 Å². The zero-order valence-corrected chi connectivity index (χ0v) is 11.9. The van der Waals surface area contributed by atoms with E-state index in [1.54, 1.807) is 11.3 Å². The highest BCUT2D eigenvalue weighted by Crippen LogP contribution is 2.31. The summed E-state index contributed by atoms with van der Waals surface area (Å²) in [5, 5.41) is 12.1. The van der Waals surface area contributed by atoms with Gasteiger partial charge in [0, 0.05) is 10.9 Å². The van der Waals surface area contributed by atoms with Gasteiger partial charge in [0.25, 0.3) is 0 Å². The quantitative estimate of drug-likeness (QED) is 0.806. The lowest BCUT2D eigenvalue weighted by molar-refractivity contribution is 0.680. The van der Waals surface area contributed by atoms with Crippen LogP contribution in [-0.2, 0) is 5.41 Å². The third-order valence-electron chi connectivity index (χ3n) is 2.99. The summed E-state index contributed by atoms with van der Waals surface area (Å²) in [6, 6.07) is 8.66.